The Balaban J connectivity index is 1.26. The van der Waals surface area contributed by atoms with Crippen molar-refractivity contribution in [2.45, 2.75) is 13.0 Å². The Kier molecular flexibility index (Phi) is 6.40. The van der Waals surface area contributed by atoms with Crippen molar-refractivity contribution in [3.8, 4) is 11.5 Å². The van der Waals surface area contributed by atoms with Gasteiger partial charge in [0.1, 0.15) is 35.5 Å². The molecule has 1 aliphatic rings. The fourth-order valence-electron chi connectivity index (χ4n) is 4.53. The van der Waals surface area contributed by atoms with E-state index in [1.165, 1.54) is 12.7 Å². The number of benzene rings is 1. The molecule has 0 radical (unpaired) electrons. The van der Waals surface area contributed by atoms with Gasteiger partial charge in [0.05, 0.1) is 17.8 Å². The van der Waals surface area contributed by atoms with E-state index in [-0.39, 0.29) is 11.7 Å². The van der Waals surface area contributed by atoms with Crippen molar-refractivity contribution in [1.82, 2.24) is 34.9 Å². The Morgan fingerprint density at radius 3 is 2.95 bits per heavy atom. The Morgan fingerprint density at radius 2 is 2.05 bits per heavy atom. The minimum atomic E-state index is -0.446. The second kappa shape index (κ2) is 10.1. The summed E-state index contributed by atoms with van der Waals surface area (Å²) in [5, 5.41) is 10.6. The van der Waals surface area contributed by atoms with Gasteiger partial charge in [-0.2, -0.15) is 5.10 Å². The lowest BCUT2D eigenvalue weighted by atomic mass is 10.1. The van der Waals surface area contributed by atoms with E-state index >= 15 is 4.39 Å². The van der Waals surface area contributed by atoms with Crippen LogP contribution in [0.4, 0.5) is 21.7 Å². The summed E-state index contributed by atoms with van der Waals surface area (Å²) < 4.78 is 28.4. The number of nitrogens with zero attached hydrogens (tertiary/aromatic N) is 7. The SMILES string of the molecule is COC[C@H]1CN(c2ccc3ncnc(Nc4ccc(Oc5ccn6ncnc6c5)c(C)c4F)c3n2)CCN1. The number of rotatable bonds is 7. The van der Waals surface area contributed by atoms with E-state index in [2.05, 4.69) is 35.6 Å². The number of aromatic nitrogens is 6. The Hall–Kier alpha value is -4.42. The Bertz CT molecular complexity index is 1610. The lowest BCUT2D eigenvalue weighted by Gasteiger charge is -2.34. The average Bonchev–Trinajstić information content (AvgIpc) is 3.41. The van der Waals surface area contributed by atoms with Gasteiger partial charge < -0.3 is 25.0 Å². The molecule has 12 heteroatoms. The smallest absolute Gasteiger partial charge is 0.160 e. The Labute approximate surface area is 217 Å². The predicted molar refractivity (Wildman–Crippen MR) is 141 cm³/mol. The summed E-state index contributed by atoms with van der Waals surface area (Å²) in [6.07, 6.45) is 4.63. The molecule has 194 valence electrons. The lowest BCUT2D eigenvalue weighted by molar-refractivity contribution is 0.163. The number of ether oxygens (including phenoxy) is 2. The molecule has 0 saturated carbocycles. The number of halogens is 1. The second-order valence-electron chi connectivity index (χ2n) is 9.01. The van der Waals surface area contributed by atoms with E-state index in [1.54, 1.807) is 49.0 Å². The standard InChI is InChI=1S/C26H26FN9O2/c1-16-21(38-18-7-9-36-23(11-18)30-15-32-36)5-3-19(24(16)27)33-26-25-20(29-14-31-26)4-6-22(34-25)35-10-8-28-17(12-35)13-37-2/h3-7,9,11,14-15,17,28H,8,10,12-13H2,1-2H3,(H,29,31,33)/t17-/m1/s1. The molecule has 1 aromatic carbocycles. The molecule has 1 fully saturated rings. The van der Waals surface area contributed by atoms with Crippen LogP contribution in [0.2, 0.25) is 0 Å². The van der Waals surface area contributed by atoms with Gasteiger partial charge in [0.25, 0.3) is 0 Å². The molecular weight excluding hydrogens is 489 g/mol. The number of hydrogen-bond acceptors (Lipinski definition) is 10. The zero-order chi connectivity index (χ0) is 26.1. The predicted octanol–water partition coefficient (Wildman–Crippen LogP) is 3.48. The molecule has 0 spiro atoms. The van der Waals surface area contributed by atoms with Crippen LogP contribution in [0.5, 0.6) is 11.5 Å². The van der Waals surface area contributed by atoms with Crippen molar-refractivity contribution in [3.05, 3.63) is 66.6 Å². The van der Waals surface area contributed by atoms with Gasteiger partial charge in [-0.05, 0) is 37.3 Å². The van der Waals surface area contributed by atoms with Crippen molar-refractivity contribution in [1.29, 1.82) is 0 Å². The molecule has 5 aromatic rings. The minimum absolute atomic E-state index is 0.215. The molecule has 1 saturated heterocycles. The molecule has 11 nitrogen and oxygen atoms in total. The first-order valence-corrected chi connectivity index (χ1v) is 12.2. The van der Waals surface area contributed by atoms with Crippen LogP contribution in [0, 0.1) is 12.7 Å². The molecule has 38 heavy (non-hydrogen) atoms. The number of anilines is 3. The topological polar surface area (TPSA) is 115 Å². The van der Waals surface area contributed by atoms with Crippen LogP contribution in [0.15, 0.2) is 55.2 Å². The van der Waals surface area contributed by atoms with E-state index in [9.17, 15) is 0 Å². The molecule has 0 amide bonds. The third-order valence-corrected chi connectivity index (χ3v) is 6.48. The molecule has 1 atom stereocenters. The highest BCUT2D eigenvalue weighted by molar-refractivity contribution is 5.88. The highest BCUT2D eigenvalue weighted by atomic mass is 19.1. The van der Waals surface area contributed by atoms with Gasteiger partial charge in [-0.1, -0.05) is 0 Å². The van der Waals surface area contributed by atoms with Gasteiger partial charge in [0, 0.05) is 50.6 Å². The molecule has 6 rings (SSSR count). The molecule has 2 N–H and O–H groups in total. The molecule has 4 aromatic heterocycles. The zero-order valence-electron chi connectivity index (χ0n) is 20.9. The molecule has 0 aliphatic carbocycles. The minimum Gasteiger partial charge on any atom is -0.457 e. The first-order chi connectivity index (χ1) is 18.6. The van der Waals surface area contributed by atoms with Gasteiger partial charge in [0.2, 0.25) is 0 Å². The molecule has 0 unspecified atom stereocenters. The fraction of sp³-hybridized carbons (Fsp3) is 0.269. The number of fused-ring (bicyclic) bond motifs is 2. The molecule has 5 heterocycles. The van der Waals surface area contributed by atoms with E-state index in [0.717, 1.165) is 25.5 Å². The third kappa shape index (κ3) is 4.66. The van der Waals surface area contributed by atoms with Gasteiger partial charge in [-0.15, -0.1) is 0 Å². The summed E-state index contributed by atoms with van der Waals surface area (Å²) in [7, 11) is 1.70. The average molecular weight is 516 g/mol. The molecule has 0 bridgehead atoms. The van der Waals surface area contributed by atoms with Crippen molar-refractivity contribution in [3.63, 3.8) is 0 Å². The normalized spacial score (nSPS) is 15.8. The maximum Gasteiger partial charge on any atom is 0.160 e. The lowest BCUT2D eigenvalue weighted by Crippen LogP contribution is -2.52. The summed E-state index contributed by atoms with van der Waals surface area (Å²) in [5.74, 6) is 1.72. The quantitative estimate of drug-likeness (QED) is 0.334. The van der Waals surface area contributed by atoms with Gasteiger partial charge >= 0.3 is 0 Å². The maximum atomic E-state index is 15.5. The van der Waals surface area contributed by atoms with Crippen molar-refractivity contribution >= 4 is 34.0 Å². The highest BCUT2D eigenvalue weighted by Crippen LogP contribution is 2.33. The monoisotopic (exact) mass is 515 g/mol. The summed E-state index contributed by atoms with van der Waals surface area (Å²) in [4.78, 5) is 19.9. The zero-order valence-corrected chi connectivity index (χ0v) is 20.9. The van der Waals surface area contributed by atoms with Gasteiger partial charge in [0.15, 0.2) is 17.3 Å². The number of piperazine rings is 1. The summed E-state index contributed by atoms with van der Waals surface area (Å²) in [5.41, 5.74) is 2.48. The van der Waals surface area contributed by atoms with Gasteiger partial charge in [-0.25, -0.2) is 28.8 Å². The van der Waals surface area contributed by atoms with Crippen molar-refractivity contribution in [2.75, 3.05) is 43.6 Å². The van der Waals surface area contributed by atoms with Crippen molar-refractivity contribution < 1.29 is 13.9 Å². The van der Waals surface area contributed by atoms with E-state index < -0.39 is 5.82 Å². The first-order valence-electron chi connectivity index (χ1n) is 12.2. The van der Waals surface area contributed by atoms with Crippen LogP contribution in [-0.2, 0) is 4.74 Å². The molecular formula is C26H26FN9O2. The van der Waals surface area contributed by atoms with Crippen LogP contribution in [0.1, 0.15) is 5.56 Å². The van der Waals surface area contributed by atoms with Crippen LogP contribution in [0.25, 0.3) is 16.7 Å². The van der Waals surface area contributed by atoms with E-state index in [0.29, 0.717) is 46.2 Å². The first kappa shape index (κ1) is 23.9. The third-order valence-electron chi connectivity index (χ3n) is 6.48. The van der Waals surface area contributed by atoms with Crippen LogP contribution in [-0.4, -0.2) is 68.9 Å². The van der Waals surface area contributed by atoms with E-state index in [1.807, 2.05) is 12.1 Å². The fourth-order valence-corrected chi connectivity index (χ4v) is 4.53. The largest absolute Gasteiger partial charge is 0.457 e. The summed E-state index contributed by atoms with van der Waals surface area (Å²) in [6.45, 7) is 4.70. The van der Waals surface area contributed by atoms with Crippen LogP contribution < -0.4 is 20.3 Å². The number of methoxy groups -OCH3 is 1. The summed E-state index contributed by atoms with van der Waals surface area (Å²) in [6, 6.07) is 10.9. The number of nitrogens with one attached hydrogen (secondary N) is 2. The number of hydrogen-bond donors (Lipinski definition) is 2. The second-order valence-corrected chi connectivity index (χ2v) is 9.01. The highest BCUT2D eigenvalue weighted by Gasteiger charge is 2.21. The van der Waals surface area contributed by atoms with Crippen molar-refractivity contribution in [2.24, 2.45) is 0 Å². The Morgan fingerprint density at radius 1 is 1.13 bits per heavy atom. The van der Waals surface area contributed by atoms with Crippen LogP contribution >= 0.6 is 0 Å². The van der Waals surface area contributed by atoms with Crippen LogP contribution in [0.3, 0.4) is 0 Å². The molecule has 1 aliphatic heterocycles. The maximum absolute atomic E-state index is 15.5. The van der Waals surface area contributed by atoms with E-state index in [4.69, 9.17) is 14.5 Å². The number of pyridine rings is 2. The summed E-state index contributed by atoms with van der Waals surface area (Å²) >= 11 is 0. The van der Waals surface area contributed by atoms with Gasteiger partial charge in [-0.3, -0.25) is 0 Å².